The molecule has 1 unspecified atom stereocenters. The van der Waals surface area contributed by atoms with E-state index in [9.17, 15) is 9.18 Å². The van der Waals surface area contributed by atoms with Gasteiger partial charge in [-0.1, -0.05) is 12.1 Å². The Hall–Kier alpha value is -1.58. The van der Waals surface area contributed by atoms with Crippen molar-refractivity contribution in [1.82, 2.24) is 10.6 Å². The first kappa shape index (κ1) is 23.4. The van der Waals surface area contributed by atoms with Crippen LogP contribution in [0.1, 0.15) is 26.2 Å². The second kappa shape index (κ2) is 13.7. The largest absolute Gasteiger partial charge is 0.486 e. The minimum absolute atomic E-state index is 0. The molecule has 6 nitrogen and oxygen atoms in total. The van der Waals surface area contributed by atoms with Crippen LogP contribution in [-0.2, 0) is 9.53 Å². The van der Waals surface area contributed by atoms with Crippen molar-refractivity contribution in [2.45, 2.75) is 32.3 Å². The van der Waals surface area contributed by atoms with Crippen LogP contribution in [0.4, 0.5) is 4.39 Å². The van der Waals surface area contributed by atoms with Gasteiger partial charge < -0.3 is 20.1 Å². The number of hydrogen-bond donors (Lipinski definition) is 2. The van der Waals surface area contributed by atoms with Gasteiger partial charge in [-0.2, -0.15) is 0 Å². The fraction of sp³-hybridized carbons (Fsp3) is 0.529. The first-order valence-electron chi connectivity index (χ1n) is 7.99. The first-order valence-corrected chi connectivity index (χ1v) is 7.99. The summed E-state index contributed by atoms with van der Waals surface area (Å²) in [6.45, 7) is 3.03. The Bertz CT molecular complexity index is 544. The highest BCUT2D eigenvalue weighted by Gasteiger charge is 2.08. The van der Waals surface area contributed by atoms with E-state index in [-0.39, 0.29) is 47.6 Å². The fourth-order valence-electron chi connectivity index (χ4n) is 1.96. The number of guanidine groups is 1. The van der Waals surface area contributed by atoms with Gasteiger partial charge >= 0.3 is 5.97 Å². The molecule has 0 aliphatic heterocycles. The molecule has 0 bridgehead atoms. The van der Waals surface area contributed by atoms with E-state index in [2.05, 4.69) is 20.4 Å². The Labute approximate surface area is 165 Å². The molecule has 0 fully saturated rings. The number of carbonyl (C=O) groups excluding carboxylic acids is 1. The lowest BCUT2D eigenvalue weighted by Crippen LogP contribution is -2.42. The summed E-state index contributed by atoms with van der Waals surface area (Å²) >= 11 is 0. The normalized spacial score (nSPS) is 11.9. The average molecular weight is 467 g/mol. The zero-order valence-electron chi connectivity index (χ0n) is 14.9. The number of unbranched alkanes of at least 4 members (excludes halogenated alkanes) is 1. The van der Waals surface area contributed by atoms with Crippen molar-refractivity contribution < 1.29 is 18.7 Å². The van der Waals surface area contributed by atoms with Crippen LogP contribution in [0.25, 0.3) is 0 Å². The molecule has 0 aliphatic carbocycles. The minimum Gasteiger partial charge on any atom is -0.486 e. The third-order valence-electron chi connectivity index (χ3n) is 3.27. The van der Waals surface area contributed by atoms with Crippen molar-refractivity contribution in [3.8, 4) is 5.75 Å². The third-order valence-corrected chi connectivity index (χ3v) is 3.27. The number of benzene rings is 1. The number of aliphatic imine (C=N–C) groups is 1. The van der Waals surface area contributed by atoms with E-state index in [1.54, 1.807) is 25.2 Å². The molecule has 0 amide bonds. The highest BCUT2D eigenvalue weighted by molar-refractivity contribution is 14.0. The summed E-state index contributed by atoms with van der Waals surface area (Å²) in [4.78, 5) is 15.1. The van der Waals surface area contributed by atoms with Gasteiger partial charge in [-0.25, -0.2) is 4.39 Å². The van der Waals surface area contributed by atoms with Gasteiger partial charge in [0.1, 0.15) is 6.10 Å². The van der Waals surface area contributed by atoms with Crippen LogP contribution in [0.5, 0.6) is 5.75 Å². The SMILES string of the molecule is CN=C(NCCCCC(=O)OC)NCC(C)Oc1ccccc1F.I. The Morgan fingerprint density at radius 2 is 2.00 bits per heavy atom. The van der Waals surface area contributed by atoms with Gasteiger partial charge in [-0.05, 0) is 31.9 Å². The zero-order chi connectivity index (χ0) is 17.8. The maximum atomic E-state index is 13.5. The highest BCUT2D eigenvalue weighted by atomic mass is 127. The van der Waals surface area contributed by atoms with Crippen molar-refractivity contribution in [3.05, 3.63) is 30.1 Å². The summed E-state index contributed by atoms with van der Waals surface area (Å²) in [6.07, 6.45) is 1.78. The topological polar surface area (TPSA) is 72.0 Å². The Balaban J connectivity index is 0.00000576. The van der Waals surface area contributed by atoms with Crippen molar-refractivity contribution in [3.63, 3.8) is 0 Å². The molecular weight excluding hydrogens is 440 g/mol. The molecule has 0 heterocycles. The van der Waals surface area contributed by atoms with Crippen molar-refractivity contribution in [2.75, 3.05) is 27.2 Å². The number of halogens is 2. The first-order chi connectivity index (χ1) is 11.6. The number of para-hydroxylation sites is 1. The van der Waals surface area contributed by atoms with E-state index < -0.39 is 0 Å². The summed E-state index contributed by atoms with van der Waals surface area (Å²) in [5.41, 5.74) is 0. The minimum atomic E-state index is -0.377. The molecule has 1 rings (SSSR count). The number of esters is 1. The Kier molecular flexibility index (Phi) is 12.8. The van der Waals surface area contributed by atoms with Gasteiger partial charge in [-0.3, -0.25) is 9.79 Å². The standard InChI is InChI=1S/C17H26FN3O3.HI/c1-13(24-15-9-5-4-8-14(15)18)12-21-17(19-2)20-11-7-6-10-16(22)23-3;/h4-5,8-9,13H,6-7,10-12H2,1-3H3,(H2,19,20,21);1H. The van der Waals surface area contributed by atoms with Crippen LogP contribution in [0.3, 0.4) is 0 Å². The second-order valence-corrected chi connectivity index (χ2v) is 5.27. The molecule has 1 aromatic carbocycles. The second-order valence-electron chi connectivity index (χ2n) is 5.27. The lowest BCUT2D eigenvalue weighted by atomic mass is 10.2. The van der Waals surface area contributed by atoms with E-state index in [0.717, 1.165) is 12.8 Å². The molecule has 2 N–H and O–H groups in total. The van der Waals surface area contributed by atoms with Gasteiger partial charge in [0.15, 0.2) is 17.5 Å². The van der Waals surface area contributed by atoms with Crippen molar-refractivity contribution in [1.29, 1.82) is 0 Å². The predicted molar refractivity (Wildman–Crippen MR) is 107 cm³/mol. The smallest absolute Gasteiger partial charge is 0.305 e. The molecule has 0 saturated heterocycles. The van der Waals surface area contributed by atoms with Gasteiger partial charge in [0.2, 0.25) is 0 Å². The number of ether oxygens (including phenoxy) is 2. The number of nitrogens with zero attached hydrogens (tertiary/aromatic N) is 1. The van der Waals surface area contributed by atoms with Gasteiger partial charge in [0.25, 0.3) is 0 Å². The maximum Gasteiger partial charge on any atom is 0.305 e. The quantitative estimate of drug-likeness (QED) is 0.192. The molecule has 8 heteroatoms. The van der Waals surface area contributed by atoms with Crippen LogP contribution < -0.4 is 15.4 Å². The summed E-state index contributed by atoms with van der Waals surface area (Å²) in [7, 11) is 3.06. The van der Waals surface area contributed by atoms with Gasteiger partial charge in [0.05, 0.1) is 13.7 Å². The molecule has 0 aromatic heterocycles. The van der Waals surface area contributed by atoms with E-state index in [1.807, 2.05) is 6.92 Å². The molecule has 0 aliphatic rings. The number of nitrogens with one attached hydrogen (secondary N) is 2. The summed E-state index contributed by atoms with van der Waals surface area (Å²) in [5.74, 6) is 0.295. The van der Waals surface area contributed by atoms with E-state index in [1.165, 1.54) is 13.2 Å². The Morgan fingerprint density at radius 1 is 1.28 bits per heavy atom. The van der Waals surface area contributed by atoms with E-state index in [4.69, 9.17) is 4.74 Å². The molecule has 0 spiro atoms. The van der Waals surface area contributed by atoms with Gasteiger partial charge in [-0.15, -0.1) is 24.0 Å². The average Bonchev–Trinajstić information content (AvgIpc) is 2.59. The number of hydrogen-bond acceptors (Lipinski definition) is 4. The molecule has 25 heavy (non-hydrogen) atoms. The van der Waals surface area contributed by atoms with E-state index in [0.29, 0.717) is 25.5 Å². The third kappa shape index (κ3) is 10.1. The molecule has 0 saturated carbocycles. The molecule has 142 valence electrons. The summed E-state index contributed by atoms with van der Waals surface area (Å²) in [5, 5.41) is 6.27. The van der Waals surface area contributed by atoms with Crippen molar-refractivity contribution >= 4 is 35.9 Å². The summed E-state index contributed by atoms with van der Waals surface area (Å²) < 4.78 is 23.7. The monoisotopic (exact) mass is 467 g/mol. The van der Waals surface area contributed by atoms with Crippen molar-refractivity contribution in [2.24, 2.45) is 4.99 Å². The predicted octanol–water partition coefficient (Wildman–Crippen LogP) is 2.72. The Morgan fingerprint density at radius 3 is 2.64 bits per heavy atom. The molecule has 1 aromatic rings. The van der Waals surface area contributed by atoms with Crippen LogP contribution in [0.15, 0.2) is 29.3 Å². The fourth-order valence-corrected chi connectivity index (χ4v) is 1.96. The maximum absolute atomic E-state index is 13.5. The van der Waals surface area contributed by atoms with Crippen LogP contribution in [0.2, 0.25) is 0 Å². The lowest BCUT2D eigenvalue weighted by Gasteiger charge is -2.18. The molecule has 1 atom stereocenters. The molecule has 0 radical (unpaired) electrons. The van der Waals surface area contributed by atoms with Crippen LogP contribution in [-0.4, -0.2) is 45.3 Å². The van der Waals surface area contributed by atoms with Gasteiger partial charge in [0, 0.05) is 20.0 Å². The van der Waals surface area contributed by atoms with Crippen LogP contribution >= 0.6 is 24.0 Å². The summed E-state index contributed by atoms with van der Waals surface area (Å²) in [6, 6.07) is 6.31. The highest BCUT2D eigenvalue weighted by Crippen LogP contribution is 2.16. The van der Waals surface area contributed by atoms with E-state index >= 15 is 0 Å². The zero-order valence-corrected chi connectivity index (χ0v) is 17.2. The number of carbonyl (C=O) groups is 1. The molecular formula is C17H27FIN3O3. The number of rotatable bonds is 9. The van der Waals surface area contributed by atoms with Crippen LogP contribution in [0, 0.1) is 5.82 Å². The number of methoxy groups -OCH3 is 1. The lowest BCUT2D eigenvalue weighted by molar-refractivity contribution is -0.140.